The van der Waals surface area contributed by atoms with Crippen LogP contribution in [-0.4, -0.2) is 32.4 Å². The Morgan fingerprint density at radius 3 is 2.69 bits per heavy atom. The Morgan fingerprint density at radius 2 is 2.04 bits per heavy atom. The minimum atomic E-state index is -0.308. The summed E-state index contributed by atoms with van der Waals surface area (Å²) < 4.78 is 15.9. The summed E-state index contributed by atoms with van der Waals surface area (Å²) in [5.74, 6) is -0.530. The molecule has 0 aliphatic rings. The molecule has 6 nitrogen and oxygen atoms in total. The predicted octanol–water partition coefficient (Wildman–Crippen LogP) is 3.61. The highest BCUT2D eigenvalue weighted by atomic mass is 79.9. The van der Waals surface area contributed by atoms with Crippen LogP contribution in [0.5, 0.6) is 0 Å². The number of aryl methyl sites for hydroxylation is 2. The molecule has 0 saturated heterocycles. The highest BCUT2D eigenvalue weighted by Crippen LogP contribution is 2.20. The first-order valence-electron chi connectivity index (χ1n) is 8.25. The molecule has 0 spiro atoms. The minimum Gasteiger partial charge on any atom is -0.351 e. The van der Waals surface area contributed by atoms with Crippen molar-refractivity contribution in [1.82, 2.24) is 25.3 Å². The number of nitrogens with one attached hydrogen (secondary N) is 2. The highest BCUT2D eigenvalue weighted by molar-refractivity contribution is 9.10. The summed E-state index contributed by atoms with van der Waals surface area (Å²) in [5, 5.41) is 14.1. The molecule has 0 radical (unpaired) electrons. The van der Waals surface area contributed by atoms with Gasteiger partial charge in [-0.15, -0.1) is 0 Å². The van der Waals surface area contributed by atoms with Gasteiger partial charge in [0, 0.05) is 24.3 Å². The molecule has 3 aromatic rings. The van der Waals surface area contributed by atoms with E-state index in [1.807, 2.05) is 18.5 Å². The van der Waals surface area contributed by atoms with Crippen LogP contribution in [0.15, 0.2) is 34.8 Å². The number of halogens is 2. The lowest BCUT2D eigenvalue weighted by Crippen LogP contribution is -2.25. The lowest BCUT2D eigenvalue weighted by Gasteiger charge is -2.05. The lowest BCUT2D eigenvalue weighted by atomic mass is 10.1. The summed E-state index contributed by atoms with van der Waals surface area (Å²) in [6, 6.07) is 7.63. The molecule has 0 bridgehead atoms. The van der Waals surface area contributed by atoms with Gasteiger partial charge in [0.1, 0.15) is 11.5 Å². The van der Waals surface area contributed by atoms with E-state index in [2.05, 4.69) is 36.5 Å². The van der Waals surface area contributed by atoms with Gasteiger partial charge >= 0.3 is 0 Å². The summed E-state index contributed by atoms with van der Waals surface area (Å²) >= 11 is 3.50. The van der Waals surface area contributed by atoms with E-state index in [0.717, 1.165) is 34.4 Å². The molecule has 26 heavy (non-hydrogen) atoms. The third kappa shape index (κ3) is 4.01. The fourth-order valence-corrected chi connectivity index (χ4v) is 2.91. The molecule has 8 heteroatoms. The third-order valence-corrected chi connectivity index (χ3v) is 5.24. The van der Waals surface area contributed by atoms with Crippen molar-refractivity contribution in [3.05, 3.63) is 57.7 Å². The average molecular weight is 420 g/mol. The molecule has 1 amide bonds. The van der Waals surface area contributed by atoms with Crippen LogP contribution >= 0.6 is 15.9 Å². The Balaban J connectivity index is 1.52. The number of carbonyl (C=O) groups is 1. The largest absolute Gasteiger partial charge is 0.351 e. The summed E-state index contributed by atoms with van der Waals surface area (Å²) in [7, 11) is 0. The number of hydrogen-bond acceptors (Lipinski definition) is 3. The van der Waals surface area contributed by atoms with Crippen molar-refractivity contribution >= 4 is 21.8 Å². The molecule has 0 fully saturated rings. The lowest BCUT2D eigenvalue weighted by molar-refractivity contribution is 0.0947. The predicted molar refractivity (Wildman–Crippen MR) is 100 cm³/mol. The molecule has 2 aromatic heterocycles. The zero-order valence-electron chi connectivity index (χ0n) is 14.5. The fraction of sp³-hybridized carbons (Fsp3) is 0.278. The number of nitrogens with zero attached hydrogens (tertiary/aromatic N) is 3. The summed E-state index contributed by atoms with van der Waals surface area (Å²) in [6.07, 6.45) is 0.763. The normalized spacial score (nSPS) is 10.9. The number of H-pyrrole nitrogens is 1. The van der Waals surface area contributed by atoms with Crippen molar-refractivity contribution in [3.63, 3.8) is 0 Å². The Labute approximate surface area is 158 Å². The SMILES string of the molecule is Cc1nn(CCCNC(=O)c2cc(-c3ccc(F)cc3)n[nH]2)c(C)c1Br. The van der Waals surface area contributed by atoms with E-state index in [4.69, 9.17) is 0 Å². The van der Waals surface area contributed by atoms with E-state index in [0.29, 0.717) is 17.9 Å². The van der Waals surface area contributed by atoms with Gasteiger partial charge in [0.25, 0.3) is 5.91 Å². The van der Waals surface area contributed by atoms with Crippen molar-refractivity contribution in [1.29, 1.82) is 0 Å². The second-order valence-electron chi connectivity index (χ2n) is 5.99. The summed E-state index contributed by atoms with van der Waals surface area (Å²) in [6.45, 7) is 5.21. The number of hydrogen-bond donors (Lipinski definition) is 2. The second-order valence-corrected chi connectivity index (χ2v) is 6.78. The first kappa shape index (κ1) is 18.3. The topological polar surface area (TPSA) is 75.6 Å². The Kier molecular flexibility index (Phi) is 5.51. The van der Waals surface area contributed by atoms with E-state index in [1.165, 1.54) is 12.1 Å². The molecule has 2 heterocycles. The van der Waals surface area contributed by atoms with Gasteiger partial charge in [0.2, 0.25) is 0 Å². The monoisotopic (exact) mass is 419 g/mol. The summed E-state index contributed by atoms with van der Waals surface area (Å²) in [4.78, 5) is 12.2. The molecule has 0 atom stereocenters. The molecule has 1 aromatic carbocycles. The van der Waals surface area contributed by atoms with Crippen molar-refractivity contribution in [2.24, 2.45) is 0 Å². The van der Waals surface area contributed by atoms with Crippen molar-refractivity contribution in [2.75, 3.05) is 6.54 Å². The number of carbonyl (C=O) groups excluding carboxylic acids is 1. The highest BCUT2D eigenvalue weighted by Gasteiger charge is 2.11. The van der Waals surface area contributed by atoms with Gasteiger partial charge in [0.15, 0.2) is 0 Å². The van der Waals surface area contributed by atoms with E-state index < -0.39 is 0 Å². The summed E-state index contributed by atoms with van der Waals surface area (Å²) in [5.41, 5.74) is 3.75. The number of rotatable bonds is 6. The van der Waals surface area contributed by atoms with Crippen LogP contribution in [0.4, 0.5) is 4.39 Å². The van der Waals surface area contributed by atoms with Gasteiger partial charge in [-0.05, 0) is 66.5 Å². The molecule has 136 valence electrons. The Hall–Kier alpha value is -2.48. The third-order valence-electron chi connectivity index (χ3n) is 4.09. The number of aromatic amines is 1. The zero-order valence-corrected chi connectivity index (χ0v) is 16.1. The van der Waals surface area contributed by atoms with Gasteiger partial charge in [-0.2, -0.15) is 10.2 Å². The van der Waals surface area contributed by atoms with Crippen molar-refractivity contribution in [2.45, 2.75) is 26.8 Å². The molecule has 0 aliphatic heterocycles. The number of benzene rings is 1. The van der Waals surface area contributed by atoms with Gasteiger partial charge in [-0.1, -0.05) is 0 Å². The van der Waals surface area contributed by atoms with E-state index in [1.54, 1.807) is 18.2 Å². The maximum absolute atomic E-state index is 13.0. The van der Waals surface area contributed by atoms with E-state index in [9.17, 15) is 9.18 Å². The van der Waals surface area contributed by atoms with Crippen molar-refractivity contribution in [3.8, 4) is 11.3 Å². The van der Waals surface area contributed by atoms with Crippen LogP contribution in [0.1, 0.15) is 28.3 Å². The number of aromatic nitrogens is 4. The molecular weight excluding hydrogens is 401 g/mol. The van der Waals surface area contributed by atoms with E-state index in [-0.39, 0.29) is 11.7 Å². The Bertz CT molecular complexity index is 916. The van der Waals surface area contributed by atoms with Crippen LogP contribution in [0.25, 0.3) is 11.3 Å². The van der Waals surface area contributed by atoms with Crippen LogP contribution in [0, 0.1) is 19.7 Å². The quantitative estimate of drug-likeness (QED) is 0.599. The van der Waals surface area contributed by atoms with Crippen LogP contribution < -0.4 is 5.32 Å². The minimum absolute atomic E-state index is 0.222. The van der Waals surface area contributed by atoms with Crippen LogP contribution in [0.2, 0.25) is 0 Å². The van der Waals surface area contributed by atoms with Gasteiger partial charge in [-0.3, -0.25) is 14.6 Å². The molecule has 3 rings (SSSR count). The average Bonchev–Trinajstić information content (AvgIpc) is 3.21. The van der Waals surface area contributed by atoms with Crippen molar-refractivity contribution < 1.29 is 9.18 Å². The van der Waals surface area contributed by atoms with E-state index >= 15 is 0 Å². The molecule has 0 saturated carbocycles. The first-order chi connectivity index (χ1) is 12.5. The maximum atomic E-state index is 13.0. The molecule has 0 aliphatic carbocycles. The van der Waals surface area contributed by atoms with Gasteiger partial charge < -0.3 is 5.32 Å². The zero-order chi connectivity index (χ0) is 18.7. The van der Waals surface area contributed by atoms with Gasteiger partial charge in [0.05, 0.1) is 15.9 Å². The standard InChI is InChI=1S/C18H19BrFN5O/c1-11-17(19)12(2)25(24-11)9-3-8-21-18(26)16-10-15(22-23-16)13-4-6-14(20)7-5-13/h4-7,10H,3,8-9H2,1-2H3,(H,21,26)(H,22,23). The molecule has 0 unspecified atom stereocenters. The number of amides is 1. The molecule has 2 N–H and O–H groups in total. The Morgan fingerprint density at radius 1 is 1.31 bits per heavy atom. The fourth-order valence-electron chi connectivity index (χ4n) is 2.63. The first-order valence-corrected chi connectivity index (χ1v) is 9.04. The second kappa shape index (κ2) is 7.82. The smallest absolute Gasteiger partial charge is 0.269 e. The van der Waals surface area contributed by atoms with Gasteiger partial charge in [-0.25, -0.2) is 4.39 Å². The van der Waals surface area contributed by atoms with Crippen LogP contribution in [0.3, 0.4) is 0 Å². The van der Waals surface area contributed by atoms with Crippen LogP contribution in [-0.2, 0) is 6.54 Å². The molecular formula is C18H19BrFN5O. The maximum Gasteiger partial charge on any atom is 0.269 e.